The molecule has 11 heteroatoms. The summed E-state index contributed by atoms with van der Waals surface area (Å²) >= 11 is 14.2. The van der Waals surface area contributed by atoms with Gasteiger partial charge in [0.25, 0.3) is 0 Å². The summed E-state index contributed by atoms with van der Waals surface area (Å²) in [5.41, 5.74) is 1.15. The van der Waals surface area contributed by atoms with Crippen molar-refractivity contribution in [3.63, 3.8) is 0 Å². The average Bonchev–Trinajstić information content (AvgIpc) is 3.24. The summed E-state index contributed by atoms with van der Waals surface area (Å²) < 4.78 is 1.99. The van der Waals surface area contributed by atoms with Gasteiger partial charge in [0.15, 0.2) is 10.8 Å². The second kappa shape index (κ2) is 10.3. The van der Waals surface area contributed by atoms with Crippen LogP contribution < -0.4 is 10.2 Å². The Kier molecular flexibility index (Phi) is 7.17. The summed E-state index contributed by atoms with van der Waals surface area (Å²) in [4.78, 5) is 28.3. The van der Waals surface area contributed by atoms with Gasteiger partial charge in [-0.3, -0.25) is 4.79 Å². The second-order valence-corrected chi connectivity index (χ2v) is 14.5. The molecule has 2 aromatic heterocycles. The average molecular weight is 605 g/mol. The van der Waals surface area contributed by atoms with Crippen LogP contribution in [-0.2, 0) is 4.79 Å². The number of aryl methyl sites for hydroxylation is 1. The molecule has 0 amide bonds. The molecule has 0 bridgehead atoms. The number of anilines is 2. The number of rotatable bonds is 7. The summed E-state index contributed by atoms with van der Waals surface area (Å²) in [6, 6.07) is 5.96. The van der Waals surface area contributed by atoms with E-state index in [0.717, 1.165) is 63.8 Å². The van der Waals surface area contributed by atoms with Crippen LogP contribution in [0.5, 0.6) is 0 Å². The maximum Gasteiger partial charge on any atom is 0.309 e. The van der Waals surface area contributed by atoms with Gasteiger partial charge < -0.3 is 19.8 Å². The van der Waals surface area contributed by atoms with Gasteiger partial charge in [0.1, 0.15) is 16.3 Å². The molecule has 8 nitrogen and oxygen atoms in total. The van der Waals surface area contributed by atoms with E-state index in [1.165, 1.54) is 19.4 Å². The lowest BCUT2D eigenvalue weighted by molar-refractivity contribution is -0.949. The minimum Gasteiger partial charge on any atom is -0.481 e. The van der Waals surface area contributed by atoms with E-state index >= 15 is 0 Å². The molecular weight excluding hydrogens is 567 g/mol. The lowest BCUT2D eigenvalue weighted by Gasteiger charge is -2.56. The number of thiazole rings is 1. The van der Waals surface area contributed by atoms with Gasteiger partial charge in [-0.1, -0.05) is 40.6 Å². The number of hydrogen-bond donors (Lipinski definition) is 2. The first-order valence-electron chi connectivity index (χ1n) is 14.1. The molecule has 2 N–H and O–H groups in total. The topological polar surface area (TPSA) is 91.2 Å². The van der Waals surface area contributed by atoms with Crippen molar-refractivity contribution < 1.29 is 14.4 Å². The summed E-state index contributed by atoms with van der Waals surface area (Å²) in [7, 11) is 2.36. The molecule has 3 atom stereocenters. The van der Waals surface area contributed by atoms with Crippen LogP contribution in [0.3, 0.4) is 0 Å². The summed E-state index contributed by atoms with van der Waals surface area (Å²) in [6.07, 6.45) is 4.08. The SMILES string of the molecule is Cc1nc(N[C@H](C)c2ccc(Cl)cc2Cl)c2sc(N3CC([C@H]4CCC[N+](C)(C5CC(C)(C(=O)O)C5)C4)C3)nc2n1. The molecule has 40 heavy (non-hydrogen) atoms. The predicted octanol–water partition coefficient (Wildman–Crippen LogP) is 6.42. The smallest absolute Gasteiger partial charge is 0.309 e. The molecule has 0 radical (unpaired) electrons. The molecule has 3 aliphatic rings. The van der Waals surface area contributed by atoms with Gasteiger partial charge in [0.05, 0.1) is 37.6 Å². The van der Waals surface area contributed by atoms with E-state index in [9.17, 15) is 9.90 Å². The lowest BCUT2D eigenvalue weighted by atomic mass is 9.64. The molecule has 3 fully saturated rings. The highest BCUT2D eigenvalue weighted by atomic mass is 35.5. The maximum absolute atomic E-state index is 11.6. The highest BCUT2D eigenvalue weighted by molar-refractivity contribution is 7.22. The zero-order valence-electron chi connectivity index (χ0n) is 23.5. The van der Waals surface area contributed by atoms with Gasteiger partial charge in [-0.15, -0.1) is 0 Å². The van der Waals surface area contributed by atoms with Crippen LogP contribution in [0.1, 0.15) is 57.0 Å². The molecule has 2 saturated heterocycles. The fourth-order valence-electron chi connectivity index (χ4n) is 7.00. The van der Waals surface area contributed by atoms with Crippen LogP contribution in [0.4, 0.5) is 10.9 Å². The van der Waals surface area contributed by atoms with E-state index in [4.69, 9.17) is 33.2 Å². The third-order valence-corrected chi connectivity index (χ3v) is 11.3. The Morgan fingerprint density at radius 1 is 1.23 bits per heavy atom. The van der Waals surface area contributed by atoms with Gasteiger partial charge in [-0.25, -0.2) is 9.97 Å². The fraction of sp³-hybridized carbons (Fsp3) is 0.586. The number of piperidine rings is 1. The van der Waals surface area contributed by atoms with Crippen LogP contribution in [0.2, 0.25) is 10.0 Å². The van der Waals surface area contributed by atoms with E-state index in [-0.39, 0.29) is 6.04 Å². The first kappa shape index (κ1) is 27.9. The summed E-state index contributed by atoms with van der Waals surface area (Å²) in [5, 5.41) is 15.3. The number of nitrogens with zero attached hydrogens (tertiary/aromatic N) is 5. The van der Waals surface area contributed by atoms with Crippen LogP contribution in [0.25, 0.3) is 10.3 Å². The monoisotopic (exact) mass is 603 g/mol. The molecule has 0 spiro atoms. The van der Waals surface area contributed by atoms with Gasteiger partial charge >= 0.3 is 5.97 Å². The largest absolute Gasteiger partial charge is 0.481 e. The molecule has 6 rings (SSSR count). The quantitative estimate of drug-likeness (QED) is 0.301. The molecule has 1 aliphatic carbocycles. The Morgan fingerprint density at radius 2 is 1.98 bits per heavy atom. The normalized spacial score (nSPS) is 29.6. The van der Waals surface area contributed by atoms with Crippen molar-refractivity contribution in [2.24, 2.45) is 17.3 Å². The van der Waals surface area contributed by atoms with E-state index in [1.807, 2.05) is 26.0 Å². The highest BCUT2D eigenvalue weighted by Gasteiger charge is 2.56. The van der Waals surface area contributed by atoms with Crippen molar-refractivity contribution in [2.45, 2.75) is 58.5 Å². The third-order valence-electron chi connectivity index (χ3n) is 9.65. The van der Waals surface area contributed by atoms with Crippen molar-refractivity contribution in [2.75, 3.05) is 43.4 Å². The standard InChI is InChI=1S/C29H36Cl2N6O2S/c1-16(22-8-7-20(30)10-23(22)31)32-25-24-26(34-17(2)33-25)35-28(40-24)36-13-19(14-36)18-6-5-9-37(4,15-18)21-11-29(3,12-21)27(38)39/h7-8,10,16,18-19,21H,5-6,9,11-15H2,1-4H3,(H-,32,33,34,38,39)/p+1/t16-,18+,21?,29?,37?/m1/s1. The Hall–Kier alpha value is -2.20. The molecule has 1 aromatic carbocycles. The number of likely N-dealkylation sites (tertiary alicyclic amines) is 1. The Morgan fingerprint density at radius 3 is 2.67 bits per heavy atom. The zero-order valence-corrected chi connectivity index (χ0v) is 25.8. The number of carbonyl (C=O) groups is 1. The molecule has 1 unspecified atom stereocenters. The Balaban J connectivity index is 1.12. The van der Waals surface area contributed by atoms with Crippen molar-refractivity contribution in [3.05, 3.63) is 39.6 Å². The molecule has 2 aliphatic heterocycles. The van der Waals surface area contributed by atoms with Crippen molar-refractivity contribution in [1.29, 1.82) is 0 Å². The number of hydrogen-bond acceptors (Lipinski definition) is 7. The number of aliphatic carboxylic acids is 1. The Bertz CT molecular complexity index is 1450. The minimum absolute atomic E-state index is 0.0658. The third kappa shape index (κ3) is 5.03. The molecule has 4 heterocycles. The zero-order chi connectivity index (χ0) is 28.4. The summed E-state index contributed by atoms with van der Waals surface area (Å²) in [5.74, 6) is 2.13. The molecule has 3 aromatic rings. The number of quaternary nitrogens is 1. The van der Waals surface area contributed by atoms with Gasteiger partial charge in [-0.05, 0) is 51.3 Å². The van der Waals surface area contributed by atoms with Gasteiger partial charge in [0.2, 0.25) is 0 Å². The van der Waals surface area contributed by atoms with Crippen LogP contribution >= 0.6 is 34.5 Å². The minimum atomic E-state index is -0.643. The fourth-order valence-corrected chi connectivity index (χ4v) is 8.55. The first-order chi connectivity index (χ1) is 18.9. The second-order valence-electron chi connectivity index (χ2n) is 12.7. The maximum atomic E-state index is 11.6. The molecule has 1 saturated carbocycles. The predicted molar refractivity (Wildman–Crippen MR) is 162 cm³/mol. The molecule has 214 valence electrons. The van der Waals surface area contributed by atoms with Gasteiger partial charge in [0, 0.05) is 47.8 Å². The Labute approximate surface area is 249 Å². The number of carboxylic acids is 1. The van der Waals surface area contributed by atoms with Crippen LogP contribution in [0.15, 0.2) is 18.2 Å². The number of fused-ring (bicyclic) bond motifs is 1. The van der Waals surface area contributed by atoms with Crippen molar-refractivity contribution >= 4 is 61.8 Å². The van der Waals surface area contributed by atoms with Crippen molar-refractivity contribution in [3.8, 4) is 0 Å². The van der Waals surface area contributed by atoms with E-state index in [0.29, 0.717) is 33.7 Å². The van der Waals surface area contributed by atoms with Crippen LogP contribution in [-0.4, -0.2) is 69.8 Å². The first-order valence-corrected chi connectivity index (χ1v) is 15.7. The number of nitrogens with one attached hydrogen (secondary N) is 1. The number of aromatic nitrogens is 3. The summed E-state index contributed by atoms with van der Waals surface area (Å²) in [6.45, 7) is 10.2. The number of halogens is 2. The van der Waals surface area contributed by atoms with Crippen LogP contribution in [0, 0.1) is 24.2 Å². The van der Waals surface area contributed by atoms with E-state index in [1.54, 1.807) is 17.4 Å². The number of benzene rings is 1. The van der Waals surface area contributed by atoms with E-state index < -0.39 is 11.4 Å². The van der Waals surface area contributed by atoms with Crippen molar-refractivity contribution in [1.82, 2.24) is 15.0 Å². The lowest BCUT2D eigenvalue weighted by Crippen LogP contribution is -2.66. The number of carboxylic acid groups (broad SMARTS) is 1. The molecular formula is C29H37Cl2N6O2S+. The van der Waals surface area contributed by atoms with Gasteiger partial charge in [-0.2, -0.15) is 4.98 Å². The van der Waals surface area contributed by atoms with E-state index in [2.05, 4.69) is 29.2 Å². The highest BCUT2D eigenvalue weighted by Crippen LogP contribution is 2.48.